The van der Waals surface area contributed by atoms with Gasteiger partial charge in [0, 0.05) is 0 Å². The molecule has 2 nitrogen and oxygen atoms in total. The monoisotopic (exact) mass is 180 g/mol. The van der Waals surface area contributed by atoms with Crippen molar-refractivity contribution in [1.29, 1.82) is 0 Å². The summed E-state index contributed by atoms with van der Waals surface area (Å²) in [6.07, 6.45) is 5.27. The second-order valence-electron chi connectivity index (χ2n) is 4.30. The Bertz CT molecular complexity index is 288. The van der Waals surface area contributed by atoms with Crippen LogP contribution in [0.5, 0.6) is 0 Å². The third-order valence-corrected chi connectivity index (χ3v) is 2.24. The average molecular weight is 180 g/mol. The van der Waals surface area contributed by atoms with E-state index < -0.39 is 0 Å². The molecule has 0 heterocycles. The normalized spacial score (nSPS) is 21.3. The first-order chi connectivity index (χ1) is 5.95. The van der Waals surface area contributed by atoms with Crippen molar-refractivity contribution in [2.24, 2.45) is 5.41 Å². The summed E-state index contributed by atoms with van der Waals surface area (Å²) in [5.41, 5.74) is 1.80. The smallest absolute Gasteiger partial charge is 0.122 e. The zero-order valence-corrected chi connectivity index (χ0v) is 8.33. The lowest BCUT2D eigenvalue weighted by Gasteiger charge is -2.25. The topological polar surface area (TPSA) is 40.5 Å². The SMILES string of the molecule is CC(C)(C)C1=C/C(=C\O)C(O)=CC1. The van der Waals surface area contributed by atoms with Crippen LogP contribution in [0.25, 0.3) is 0 Å². The Labute approximate surface area is 78.9 Å². The van der Waals surface area contributed by atoms with E-state index in [0.717, 1.165) is 12.7 Å². The van der Waals surface area contributed by atoms with Crippen molar-refractivity contribution in [3.63, 3.8) is 0 Å². The van der Waals surface area contributed by atoms with Gasteiger partial charge in [0.15, 0.2) is 0 Å². The van der Waals surface area contributed by atoms with Crippen LogP contribution in [0.2, 0.25) is 0 Å². The van der Waals surface area contributed by atoms with Crippen molar-refractivity contribution in [1.82, 2.24) is 0 Å². The van der Waals surface area contributed by atoms with Gasteiger partial charge in [0.2, 0.25) is 0 Å². The van der Waals surface area contributed by atoms with Gasteiger partial charge in [-0.05, 0) is 24.0 Å². The summed E-state index contributed by atoms with van der Waals surface area (Å²) in [7, 11) is 0. The number of rotatable bonds is 0. The van der Waals surface area contributed by atoms with Gasteiger partial charge < -0.3 is 10.2 Å². The molecule has 2 N–H and O–H groups in total. The van der Waals surface area contributed by atoms with E-state index in [2.05, 4.69) is 20.8 Å². The zero-order valence-electron chi connectivity index (χ0n) is 8.33. The molecular weight excluding hydrogens is 164 g/mol. The van der Waals surface area contributed by atoms with Crippen molar-refractivity contribution in [2.75, 3.05) is 0 Å². The van der Waals surface area contributed by atoms with Crippen LogP contribution in [0.4, 0.5) is 0 Å². The molecule has 0 fully saturated rings. The first-order valence-corrected chi connectivity index (χ1v) is 4.40. The van der Waals surface area contributed by atoms with Crippen molar-refractivity contribution in [2.45, 2.75) is 27.2 Å². The minimum Gasteiger partial charge on any atom is -0.515 e. The lowest BCUT2D eigenvalue weighted by Crippen LogP contribution is -2.12. The van der Waals surface area contributed by atoms with Crippen molar-refractivity contribution in [3.05, 3.63) is 35.3 Å². The fraction of sp³-hybridized carbons (Fsp3) is 0.455. The van der Waals surface area contributed by atoms with Crippen molar-refractivity contribution < 1.29 is 10.2 Å². The summed E-state index contributed by atoms with van der Waals surface area (Å²) in [5.74, 6) is 0.163. The lowest BCUT2D eigenvalue weighted by molar-refractivity contribution is 0.403. The summed E-state index contributed by atoms with van der Waals surface area (Å²) in [5, 5.41) is 18.2. The second kappa shape index (κ2) is 3.29. The second-order valence-corrected chi connectivity index (χ2v) is 4.30. The Kier molecular flexibility index (Phi) is 2.50. The zero-order chi connectivity index (χ0) is 10.1. The highest BCUT2D eigenvalue weighted by molar-refractivity contribution is 5.42. The molecule has 0 aromatic carbocycles. The molecule has 0 amide bonds. The lowest BCUT2D eigenvalue weighted by atomic mass is 9.81. The van der Waals surface area contributed by atoms with Gasteiger partial charge in [-0.15, -0.1) is 0 Å². The summed E-state index contributed by atoms with van der Waals surface area (Å²) in [6, 6.07) is 0. The third-order valence-electron chi connectivity index (χ3n) is 2.24. The highest BCUT2D eigenvalue weighted by Crippen LogP contribution is 2.33. The largest absolute Gasteiger partial charge is 0.515 e. The number of aliphatic hydroxyl groups excluding tert-OH is 2. The first kappa shape index (κ1) is 9.90. The van der Waals surface area contributed by atoms with Crippen LogP contribution >= 0.6 is 0 Å². The maximum atomic E-state index is 9.34. The minimum atomic E-state index is 0.0887. The molecule has 0 spiro atoms. The van der Waals surface area contributed by atoms with Gasteiger partial charge in [0.05, 0.1) is 11.8 Å². The number of hydrogen-bond donors (Lipinski definition) is 2. The first-order valence-electron chi connectivity index (χ1n) is 4.40. The molecule has 0 aromatic heterocycles. The van der Waals surface area contributed by atoms with Crippen molar-refractivity contribution in [3.8, 4) is 0 Å². The fourth-order valence-corrected chi connectivity index (χ4v) is 1.27. The molecule has 1 rings (SSSR count). The predicted molar refractivity (Wildman–Crippen MR) is 53.6 cm³/mol. The summed E-state index contributed by atoms with van der Waals surface area (Å²) in [6.45, 7) is 6.35. The molecule has 0 radical (unpaired) electrons. The standard InChI is InChI=1S/C11H16O2/c1-11(2,3)9-4-5-10(13)8(6-9)7-12/h5-7,12-13H,4H2,1-3H3/b8-7+. The van der Waals surface area contributed by atoms with Crippen LogP contribution in [0.15, 0.2) is 35.3 Å². The Morgan fingerprint density at radius 3 is 2.46 bits per heavy atom. The predicted octanol–water partition coefficient (Wildman–Crippen LogP) is 3.25. The minimum absolute atomic E-state index is 0.0887. The molecule has 72 valence electrons. The molecule has 13 heavy (non-hydrogen) atoms. The van der Waals surface area contributed by atoms with E-state index in [4.69, 9.17) is 5.11 Å². The highest BCUT2D eigenvalue weighted by Gasteiger charge is 2.20. The van der Waals surface area contributed by atoms with Gasteiger partial charge in [-0.25, -0.2) is 0 Å². The van der Waals surface area contributed by atoms with Gasteiger partial charge in [-0.2, -0.15) is 0 Å². The van der Waals surface area contributed by atoms with Gasteiger partial charge in [-0.1, -0.05) is 26.3 Å². The van der Waals surface area contributed by atoms with Gasteiger partial charge in [0.25, 0.3) is 0 Å². The molecule has 0 aliphatic heterocycles. The molecule has 2 heteroatoms. The molecule has 0 unspecified atom stereocenters. The van der Waals surface area contributed by atoms with Crippen LogP contribution < -0.4 is 0 Å². The number of allylic oxidation sites excluding steroid dienone is 3. The Morgan fingerprint density at radius 2 is 2.00 bits per heavy atom. The quantitative estimate of drug-likeness (QED) is 0.562. The molecule has 1 aliphatic rings. The molecule has 1 aliphatic carbocycles. The third kappa shape index (κ3) is 2.14. The van der Waals surface area contributed by atoms with Gasteiger partial charge in [-0.3, -0.25) is 0 Å². The van der Waals surface area contributed by atoms with E-state index in [0.29, 0.717) is 5.57 Å². The van der Waals surface area contributed by atoms with Crippen LogP contribution in [0.1, 0.15) is 27.2 Å². The number of aliphatic hydroxyl groups is 2. The molecule has 0 atom stereocenters. The summed E-state index contributed by atoms with van der Waals surface area (Å²) >= 11 is 0. The number of hydrogen-bond acceptors (Lipinski definition) is 2. The van der Waals surface area contributed by atoms with E-state index >= 15 is 0 Å². The fourth-order valence-electron chi connectivity index (χ4n) is 1.27. The molecule has 0 bridgehead atoms. The molecular formula is C11H16O2. The highest BCUT2D eigenvalue weighted by atomic mass is 16.3. The summed E-state index contributed by atoms with van der Waals surface area (Å²) < 4.78 is 0. The summed E-state index contributed by atoms with van der Waals surface area (Å²) in [4.78, 5) is 0. The molecule has 0 saturated heterocycles. The van der Waals surface area contributed by atoms with Gasteiger partial charge >= 0.3 is 0 Å². The van der Waals surface area contributed by atoms with Gasteiger partial charge in [0.1, 0.15) is 5.76 Å². The van der Waals surface area contributed by atoms with Crippen LogP contribution in [0, 0.1) is 5.41 Å². The van der Waals surface area contributed by atoms with Crippen molar-refractivity contribution >= 4 is 0 Å². The molecule has 0 saturated carbocycles. The molecule has 0 aromatic rings. The Morgan fingerprint density at radius 1 is 1.38 bits per heavy atom. The van der Waals surface area contributed by atoms with Crippen LogP contribution in [-0.4, -0.2) is 10.2 Å². The van der Waals surface area contributed by atoms with E-state index in [1.807, 2.05) is 6.08 Å². The maximum Gasteiger partial charge on any atom is 0.122 e. The van der Waals surface area contributed by atoms with E-state index in [1.165, 1.54) is 5.57 Å². The van der Waals surface area contributed by atoms with Crippen LogP contribution in [0.3, 0.4) is 0 Å². The van der Waals surface area contributed by atoms with E-state index in [1.54, 1.807) is 6.08 Å². The Hall–Kier alpha value is -1.18. The maximum absolute atomic E-state index is 9.34. The average Bonchev–Trinajstić information content (AvgIpc) is 2.03. The van der Waals surface area contributed by atoms with E-state index in [9.17, 15) is 5.11 Å². The van der Waals surface area contributed by atoms with E-state index in [-0.39, 0.29) is 11.2 Å². The van der Waals surface area contributed by atoms with Crippen LogP contribution in [-0.2, 0) is 0 Å². The Balaban J connectivity index is 2.97.